The molecule has 1 aliphatic rings. The molecule has 17 heavy (non-hydrogen) atoms. The van der Waals surface area contributed by atoms with Crippen LogP contribution < -0.4 is 0 Å². The zero-order valence-electron chi connectivity index (χ0n) is 8.71. The van der Waals surface area contributed by atoms with E-state index in [1.54, 1.807) is 0 Å². The van der Waals surface area contributed by atoms with E-state index in [4.69, 9.17) is 9.84 Å². The summed E-state index contributed by atoms with van der Waals surface area (Å²) in [5.41, 5.74) is -0.142. The molecule has 3 N–H and O–H groups in total. The third kappa shape index (κ3) is 2.03. The van der Waals surface area contributed by atoms with Crippen LogP contribution in [0.15, 0.2) is 18.5 Å². The minimum atomic E-state index is -1.31. The maximum atomic E-state index is 10.5. The Balaban J connectivity index is 2.23. The first-order valence-corrected chi connectivity index (χ1v) is 4.99. The highest BCUT2D eigenvalue weighted by Gasteiger charge is 2.43. The summed E-state index contributed by atoms with van der Waals surface area (Å²) in [7, 11) is 0. The lowest BCUT2D eigenvalue weighted by Gasteiger charge is -2.18. The molecule has 1 saturated heterocycles. The van der Waals surface area contributed by atoms with Crippen LogP contribution in [0, 0.1) is 10.1 Å². The van der Waals surface area contributed by atoms with E-state index in [0.29, 0.717) is 0 Å². The van der Waals surface area contributed by atoms with Crippen molar-refractivity contribution in [3.8, 4) is 0 Å². The first-order chi connectivity index (χ1) is 8.04. The second-order valence-electron chi connectivity index (χ2n) is 3.80. The number of nitrogens with zero attached hydrogens (tertiary/aromatic N) is 2. The zero-order valence-corrected chi connectivity index (χ0v) is 8.71. The molecule has 1 aromatic heterocycles. The number of hydrogen-bond acceptors (Lipinski definition) is 6. The summed E-state index contributed by atoms with van der Waals surface area (Å²) in [6.45, 7) is -0.432. The van der Waals surface area contributed by atoms with Gasteiger partial charge in [0.25, 0.3) is 5.69 Å². The largest absolute Gasteiger partial charge is 0.394 e. The van der Waals surface area contributed by atoms with E-state index in [1.165, 1.54) is 23.0 Å². The smallest absolute Gasteiger partial charge is 0.286 e. The summed E-state index contributed by atoms with van der Waals surface area (Å²) < 4.78 is 6.23. The van der Waals surface area contributed by atoms with E-state index in [0.717, 1.165) is 0 Å². The highest BCUT2D eigenvalue weighted by Crippen LogP contribution is 2.31. The van der Waals surface area contributed by atoms with Crippen molar-refractivity contribution >= 4 is 5.69 Å². The number of aromatic nitrogens is 1. The van der Waals surface area contributed by atoms with Crippen molar-refractivity contribution in [3.63, 3.8) is 0 Å². The van der Waals surface area contributed by atoms with Crippen molar-refractivity contribution in [2.75, 3.05) is 6.61 Å². The summed E-state index contributed by atoms with van der Waals surface area (Å²) >= 11 is 0. The van der Waals surface area contributed by atoms with Crippen LogP contribution in [0.1, 0.15) is 6.04 Å². The first-order valence-electron chi connectivity index (χ1n) is 4.99. The minimum Gasteiger partial charge on any atom is -0.394 e. The number of aliphatic hydroxyl groups is 3. The fourth-order valence-electron chi connectivity index (χ4n) is 1.90. The number of rotatable bonds is 3. The molecule has 0 saturated carbocycles. The summed E-state index contributed by atoms with van der Waals surface area (Å²) in [6, 6.07) is 0.395. The molecule has 0 radical (unpaired) electrons. The Hall–Kier alpha value is -1.48. The number of hydrogen-bond donors (Lipinski definition) is 3. The van der Waals surface area contributed by atoms with E-state index >= 15 is 0 Å². The van der Waals surface area contributed by atoms with Crippen LogP contribution in [-0.4, -0.2) is 49.9 Å². The molecular formula is C9H12N2O6. The molecule has 8 nitrogen and oxygen atoms in total. The third-order valence-corrected chi connectivity index (χ3v) is 2.77. The van der Waals surface area contributed by atoms with Crippen LogP contribution in [0.25, 0.3) is 0 Å². The molecule has 4 atom stereocenters. The van der Waals surface area contributed by atoms with Crippen LogP contribution in [-0.2, 0) is 4.74 Å². The molecule has 8 heteroatoms. The highest BCUT2D eigenvalue weighted by atomic mass is 16.6. The van der Waals surface area contributed by atoms with Crippen LogP contribution in [0.5, 0.6) is 0 Å². The van der Waals surface area contributed by atoms with E-state index in [-0.39, 0.29) is 5.69 Å². The highest BCUT2D eigenvalue weighted by molar-refractivity contribution is 5.26. The van der Waals surface area contributed by atoms with Gasteiger partial charge in [0.2, 0.25) is 0 Å². The molecule has 0 spiro atoms. The van der Waals surface area contributed by atoms with Gasteiger partial charge in [-0.1, -0.05) is 0 Å². The molecule has 94 valence electrons. The zero-order chi connectivity index (χ0) is 12.6. The quantitative estimate of drug-likeness (QED) is 0.464. The van der Waals surface area contributed by atoms with Crippen molar-refractivity contribution in [2.24, 2.45) is 0 Å². The van der Waals surface area contributed by atoms with Crippen LogP contribution in [0.3, 0.4) is 0 Å². The molecule has 1 aromatic rings. The van der Waals surface area contributed by atoms with Gasteiger partial charge in [0, 0.05) is 12.3 Å². The van der Waals surface area contributed by atoms with E-state index in [2.05, 4.69) is 0 Å². The van der Waals surface area contributed by atoms with Gasteiger partial charge in [0.1, 0.15) is 18.2 Å². The molecular weight excluding hydrogens is 232 g/mol. The standard InChI is InChI=1S/C9H12N2O6/c12-4-6-8(13)7(9(14)17-6)10-2-1-5(3-10)11(15)16/h1-3,6-9,12-14H,4H2/t6-,7?,8-,9-/m1/s1. The van der Waals surface area contributed by atoms with Crippen molar-refractivity contribution in [1.82, 2.24) is 4.57 Å². The number of ether oxygens (including phenoxy) is 1. The lowest BCUT2D eigenvalue weighted by molar-refractivity contribution is -0.384. The molecule has 0 aromatic carbocycles. The summed E-state index contributed by atoms with van der Waals surface area (Å²) in [4.78, 5) is 9.93. The molecule has 2 heterocycles. The molecule has 1 fully saturated rings. The minimum absolute atomic E-state index is 0.142. The average molecular weight is 244 g/mol. The van der Waals surface area contributed by atoms with Crippen molar-refractivity contribution in [2.45, 2.75) is 24.5 Å². The molecule has 1 unspecified atom stereocenters. The van der Waals surface area contributed by atoms with Crippen LogP contribution in [0.2, 0.25) is 0 Å². The van der Waals surface area contributed by atoms with Gasteiger partial charge in [0.15, 0.2) is 6.29 Å². The average Bonchev–Trinajstić information content (AvgIpc) is 2.83. The molecule has 0 aliphatic carbocycles. The van der Waals surface area contributed by atoms with Gasteiger partial charge in [0.05, 0.1) is 17.7 Å². The topological polar surface area (TPSA) is 118 Å². The van der Waals surface area contributed by atoms with Gasteiger partial charge < -0.3 is 24.6 Å². The van der Waals surface area contributed by atoms with Gasteiger partial charge >= 0.3 is 0 Å². The Labute approximate surface area is 95.8 Å². The van der Waals surface area contributed by atoms with Crippen molar-refractivity contribution in [1.29, 1.82) is 0 Å². The molecule has 1 aliphatic heterocycles. The lowest BCUT2D eigenvalue weighted by Crippen LogP contribution is -2.31. The SMILES string of the molecule is O=[N+]([O-])c1ccn(C2[C@H](O)O[C@H](CO)[C@H]2O)c1. The number of aliphatic hydroxyl groups excluding tert-OH is 3. The fraction of sp³-hybridized carbons (Fsp3) is 0.556. The maximum absolute atomic E-state index is 10.5. The van der Waals surface area contributed by atoms with E-state index in [1.807, 2.05) is 0 Å². The Kier molecular flexibility index (Phi) is 3.11. The number of nitro groups is 1. The second kappa shape index (κ2) is 4.41. The fourth-order valence-corrected chi connectivity index (χ4v) is 1.90. The van der Waals surface area contributed by atoms with Gasteiger partial charge in [-0.05, 0) is 0 Å². The molecule has 0 bridgehead atoms. The molecule has 0 amide bonds. The first kappa shape index (κ1) is 12.0. The van der Waals surface area contributed by atoms with Crippen molar-refractivity contribution in [3.05, 3.63) is 28.6 Å². The lowest BCUT2D eigenvalue weighted by atomic mass is 10.1. The van der Waals surface area contributed by atoms with Gasteiger partial charge in [-0.3, -0.25) is 10.1 Å². The summed E-state index contributed by atoms with van der Waals surface area (Å²) in [5, 5.41) is 38.8. The Bertz CT molecular complexity index is 419. The Morgan fingerprint density at radius 1 is 1.53 bits per heavy atom. The van der Waals surface area contributed by atoms with E-state index < -0.39 is 36.1 Å². The van der Waals surface area contributed by atoms with Crippen LogP contribution >= 0.6 is 0 Å². The van der Waals surface area contributed by atoms with Gasteiger partial charge in [-0.25, -0.2) is 0 Å². The van der Waals surface area contributed by atoms with Crippen molar-refractivity contribution < 1.29 is 25.0 Å². The van der Waals surface area contributed by atoms with Crippen LogP contribution in [0.4, 0.5) is 5.69 Å². The van der Waals surface area contributed by atoms with Gasteiger partial charge in [-0.2, -0.15) is 0 Å². The normalized spacial score (nSPS) is 32.9. The van der Waals surface area contributed by atoms with Gasteiger partial charge in [-0.15, -0.1) is 0 Å². The van der Waals surface area contributed by atoms with E-state index in [9.17, 15) is 20.3 Å². The maximum Gasteiger partial charge on any atom is 0.286 e. The predicted molar refractivity (Wildman–Crippen MR) is 54.1 cm³/mol. The summed E-state index contributed by atoms with van der Waals surface area (Å²) in [5.74, 6) is 0. The third-order valence-electron chi connectivity index (χ3n) is 2.77. The second-order valence-corrected chi connectivity index (χ2v) is 3.80. The Morgan fingerprint density at radius 3 is 2.71 bits per heavy atom. The predicted octanol–water partition coefficient (Wildman–Crippen LogP) is -0.992. The monoisotopic (exact) mass is 244 g/mol. The Morgan fingerprint density at radius 2 is 2.24 bits per heavy atom. The summed E-state index contributed by atoms with van der Waals surface area (Å²) in [6.07, 6.45) is -0.758. The molecule has 2 rings (SSSR count).